The first-order valence-electron chi connectivity index (χ1n) is 5.30. The molecule has 3 nitrogen and oxygen atoms in total. The predicted molar refractivity (Wildman–Crippen MR) is 64.5 cm³/mol. The summed E-state index contributed by atoms with van der Waals surface area (Å²) in [4.78, 5) is 4.42. The Kier molecular flexibility index (Phi) is 5.22. The van der Waals surface area contributed by atoms with Crippen LogP contribution in [0.2, 0.25) is 0 Å². The highest BCUT2D eigenvalue weighted by atomic mass is 32.1. The van der Waals surface area contributed by atoms with Crippen LogP contribution < -0.4 is 5.32 Å². The van der Waals surface area contributed by atoms with Gasteiger partial charge in [-0.3, -0.25) is 0 Å². The summed E-state index contributed by atoms with van der Waals surface area (Å²) < 4.78 is 5.24. The standard InChI is InChI=1S/C11H20N2OS/c1-8(9(2)14-4)12-6-5-11-7-15-10(3)13-11/h7-9,12H,5-6H2,1-4H3. The molecule has 1 heterocycles. The van der Waals surface area contributed by atoms with E-state index >= 15 is 0 Å². The molecule has 1 rings (SSSR count). The Balaban J connectivity index is 2.21. The molecule has 2 atom stereocenters. The number of aryl methyl sites for hydroxylation is 1. The van der Waals surface area contributed by atoms with Gasteiger partial charge in [0.05, 0.1) is 16.8 Å². The Hall–Kier alpha value is -0.450. The predicted octanol–water partition coefficient (Wildman–Crippen LogP) is 2.01. The number of hydrogen-bond donors (Lipinski definition) is 1. The maximum Gasteiger partial charge on any atom is 0.0897 e. The highest BCUT2D eigenvalue weighted by Gasteiger charge is 2.09. The zero-order valence-corrected chi connectivity index (χ0v) is 10.7. The molecule has 0 spiro atoms. The first-order valence-corrected chi connectivity index (χ1v) is 6.18. The lowest BCUT2D eigenvalue weighted by molar-refractivity contribution is 0.0890. The van der Waals surface area contributed by atoms with Gasteiger partial charge in [0.15, 0.2) is 0 Å². The summed E-state index contributed by atoms with van der Waals surface area (Å²) in [7, 11) is 1.74. The smallest absolute Gasteiger partial charge is 0.0897 e. The summed E-state index contributed by atoms with van der Waals surface area (Å²) in [6, 6.07) is 0.384. The molecule has 1 aromatic rings. The van der Waals surface area contributed by atoms with Crippen LogP contribution in [0, 0.1) is 6.92 Å². The number of nitrogens with zero attached hydrogens (tertiary/aromatic N) is 1. The number of thiazole rings is 1. The highest BCUT2D eigenvalue weighted by molar-refractivity contribution is 7.09. The van der Waals surface area contributed by atoms with E-state index in [-0.39, 0.29) is 6.10 Å². The fraction of sp³-hybridized carbons (Fsp3) is 0.727. The van der Waals surface area contributed by atoms with Crippen LogP contribution in [0.5, 0.6) is 0 Å². The van der Waals surface area contributed by atoms with Crippen molar-refractivity contribution in [2.45, 2.75) is 39.3 Å². The molecule has 0 radical (unpaired) electrons. The van der Waals surface area contributed by atoms with Gasteiger partial charge in [-0.15, -0.1) is 11.3 Å². The fourth-order valence-electron chi connectivity index (χ4n) is 1.32. The van der Waals surface area contributed by atoms with E-state index in [2.05, 4.69) is 29.5 Å². The number of hydrogen-bond acceptors (Lipinski definition) is 4. The summed E-state index contributed by atoms with van der Waals surface area (Å²) in [5.41, 5.74) is 1.18. The zero-order chi connectivity index (χ0) is 11.3. The van der Waals surface area contributed by atoms with Crippen molar-refractivity contribution in [2.24, 2.45) is 0 Å². The first-order chi connectivity index (χ1) is 7.13. The molecule has 1 N–H and O–H groups in total. The van der Waals surface area contributed by atoms with Crippen molar-refractivity contribution in [3.05, 3.63) is 16.1 Å². The van der Waals surface area contributed by atoms with Gasteiger partial charge in [-0.2, -0.15) is 0 Å². The van der Waals surface area contributed by atoms with Crippen LogP contribution in [0.4, 0.5) is 0 Å². The molecule has 0 aliphatic heterocycles. The van der Waals surface area contributed by atoms with Gasteiger partial charge in [-0.25, -0.2) is 4.98 Å². The monoisotopic (exact) mass is 228 g/mol. The van der Waals surface area contributed by atoms with Crippen molar-refractivity contribution >= 4 is 11.3 Å². The second kappa shape index (κ2) is 6.20. The molecule has 0 bridgehead atoms. The van der Waals surface area contributed by atoms with Crippen molar-refractivity contribution in [3.63, 3.8) is 0 Å². The van der Waals surface area contributed by atoms with Crippen LogP contribution >= 0.6 is 11.3 Å². The minimum Gasteiger partial charge on any atom is -0.380 e. The second-order valence-electron chi connectivity index (χ2n) is 3.79. The number of nitrogens with one attached hydrogen (secondary N) is 1. The molecule has 0 saturated carbocycles. The Labute approximate surface area is 95.9 Å². The van der Waals surface area contributed by atoms with Crippen LogP contribution in [0.25, 0.3) is 0 Å². The average Bonchev–Trinajstić information content (AvgIpc) is 2.63. The summed E-state index contributed by atoms with van der Waals surface area (Å²) in [6.45, 7) is 7.21. The van der Waals surface area contributed by atoms with Gasteiger partial charge in [0.2, 0.25) is 0 Å². The second-order valence-corrected chi connectivity index (χ2v) is 4.85. The minimum absolute atomic E-state index is 0.252. The topological polar surface area (TPSA) is 34.1 Å². The van der Waals surface area contributed by atoms with Crippen molar-refractivity contribution < 1.29 is 4.74 Å². The van der Waals surface area contributed by atoms with Crippen molar-refractivity contribution in [1.29, 1.82) is 0 Å². The molecule has 1 aromatic heterocycles. The third-order valence-electron chi connectivity index (χ3n) is 2.59. The summed E-state index contributed by atoms with van der Waals surface area (Å²) in [6.07, 6.45) is 1.24. The summed E-state index contributed by atoms with van der Waals surface area (Å²) in [5.74, 6) is 0. The molecule has 15 heavy (non-hydrogen) atoms. The number of rotatable bonds is 6. The van der Waals surface area contributed by atoms with Gasteiger partial charge in [0.25, 0.3) is 0 Å². The molecule has 0 fully saturated rings. The fourth-order valence-corrected chi connectivity index (χ4v) is 1.97. The Morgan fingerprint density at radius 1 is 1.53 bits per heavy atom. The van der Waals surface area contributed by atoms with E-state index in [0.717, 1.165) is 18.0 Å². The van der Waals surface area contributed by atoms with Crippen LogP contribution in [0.15, 0.2) is 5.38 Å². The minimum atomic E-state index is 0.252. The molecular formula is C11H20N2OS. The third kappa shape index (κ3) is 4.28. The van der Waals surface area contributed by atoms with E-state index in [4.69, 9.17) is 4.74 Å². The Morgan fingerprint density at radius 2 is 2.27 bits per heavy atom. The number of ether oxygens (including phenoxy) is 1. The van der Waals surface area contributed by atoms with E-state index in [1.165, 1.54) is 5.69 Å². The number of aromatic nitrogens is 1. The van der Waals surface area contributed by atoms with Crippen LogP contribution in [-0.2, 0) is 11.2 Å². The third-order valence-corrected chi connectivity index (χ3v) is 3.41. The number of methoxy groups -OCH3 is 1. The lowest BCUT2D eigenvalue weighted by Crippen LogP contribution is -2.37. The van der Waals surface area contributed by atoms with Crippen molar-refractivity contribution in [2.75, 3.05) is 13.7 Å². The molecule has 0 aromatic carbocycles. The van der Waals surface area contributed by atoms with Gasteiger partial charge in [0.1, 0.15) is 0 Å². The zero-order valence-electron chi connectivity index (χ0n) is 9.91. The quantitative estimate of drug-likeness (QED) is 0.808. The van der Waals surface area contributed by atoms with E-state index in [9.17, 15) is 0 Å². The van der Waals surface area contributed by atoms with Crippen molar-refractivity contribution in [1.82, 2.24) is 10.3 Å². The lowest BCUT2D eigenvalue weighted by atomic mass is 10.2. The Morgan fingerprint density at radius 3 is 2.80 bits per heavy atom. The van der Waals surface area contributed by atoms with Crippen LogP contribution in [-0.4, -0.2) is 30.8 Å². The van der Waals surface area contributed by atoms with Gasteiger partial charge in [0, 0.05) is 31.5 Å². The molecular weight excluding hydrogens is 208 g/mol. The molecule has 86 valence electrons. The van der Waals surface area contributed by atoms with Gasteiger partial charge in [-0.1, -0.05) is 0 Å². The molecule has 0 aliphatic carbocycles. The molecule has 0 aliphatic rings. The largest absolute Gasteiger partial charge is 0.380 e. The molecule has 0 amide bonds. The van der Waals surface area contributed by atoms with E-state index in [1.54, 1.807) is 18.4 Å². The average molecular weight is 228 g/mol. The highest BCUT2D eigenvalue weighted by Crippen LogP contribution is 2.08. The Bertz CT molecular complexity index is 288. The van der Waals surface area contributed by atoms with Crippen molar-refractivity contribution in [3.8, 4) is 0 Å². The van der Waals surface area contributed by atoms with Gasteiger partial charge in [-0.05, 0) is 20.8 Å². The SMILES string of the molecule is COC(C)C(C)NCCc1csc(C)n1. The normalized spacial score (nSPS) is 15.2. The van der Waals surface area contributed by atoms with Crippen LogP contribution in [0.3, 0.4) is 0 Å². The molecule has 0 saturated heterocycles. The van der Waals surface area contributed by atoms with Crippen LogP contribution in [0.1, 0.15) is 24.5 Å². The van der Waals surface area contributed by atoms with E-state index in [1.807, 2.05) is 6.92 Å². The lowest BCUT2D eigenvalue weighted by Gasteiger charge is -2.19. The summed E-state index contributed by atoms with van der Waals surface area (Å²) >= 11 is 1.71. The van der Waals surface area contributed by atoms with E-state index < -0.39 is 0 Å². The first kappa shape index (κ1) is 12.6. The van der Waals surface area contributed by atoms with Gasteiger partial charge >= 0.3 is 0 Å². The van der Waals surface area contributed by atoms with Gasteiger partial charge < -0.3 is 10.1 Å². The maximum atomic E-state index is 5.24. The summed E-state index contributed by atoms with van der Waals surface area (Å²) in [5, 5.41) is 6.70. The van der Waals surface area contributed by atoms with E-state index in [0.29, 0.717) is 6.04 Å². The molecule has 4 heteroatoms. The molecule has 2 unspecified atom stereocenters. The maximum absolute atomic E-state index is 5.24.